The average molecular weight is 275 g/mol. The van der Waals surface area contributed by atoms with Gasteiger partial charge < -0.3 is 10.4 Å². The summed E-state index contributed by atoms with van der Waals surface area (Å²) in [5.41, 5.74) is 0.920. The van der Waals surface area contributed by atoms with E-state index in [1.165, 1.54) is 6.42 Å². The first-order chi connectivity index (χ1) is 9.66. The van der Waals surface area contributed by atoms with Gasteiger partial charge in [-0.1, -0.05) is 49.6 Å². The number of aliphatic carboxylic acids is 1. The predicted molar refractivity (Wildman–Crippen MR) is 76.3 cm³/mol. The van der Waals surface area contributed by atoms with Gasteiger partial charge in [0.15, 0.2) is 0 Å². The molecule has 4 nitrogen and oxygen atoms in total. The quantitative estimate of drug-likeness (QED) is 0.867. The van der Waals surface area contributed by atoms with Gasteiger partial charge in [0.2, 0.25) is 5.91 Å². The maximum atomic E-state index is 12.1. The number of hydrogen-bond donors (Lipinski definition) is 2. The van der Waals surface area contributed by atoms with Crippen LogP contribution in [0.3, 0.4) is 0 Å². The zero-order chi connectivity index (χ0) is 14.4. The Bertz CT molecular complexity index is 452. The number of carbonyl (C=O) groups is 2. The van der Waals surface area contributed by atoms with Crippen LogP contribution in [0, 0.1) is 5.92 Å². The lowest BCUT2D eigenvalue weighted by molar-refractivity contribution is -0.142. The molecule has 1 aromatic rings. The Balaban J connectivity index is 1.95. The minimum Gasteiger partial charge on any atom is -0.480 e. The summed E-state index contributed by atoms with van der Waals surface area (Å²) in [6.07, 6.45) is 5.39. The van der Waals surface area contributed by atoms with Gasteiger partial charge in [-0.15, -0.1) is 0 Å². The van der Waals surface area contributed by atoms with Crippen molar-refractivity contribution in [3.05, 3.63) is 35.9 Å². The lowest BCUT2D eigenvalue weighted by Gasteiger charge is -2.23. The minimum absolute atomic E-state index is 0.0126. The van der Waals surface area contributed by atoms with E-state index in [9.17, 15) is 14.7 Å². The zero-order valence-corrected chi connectivity index (χ0v) is 11.5. The lowest BCUT2D eigenvalue weighted by atomic mass is 9.88. The number of benzene rings is 1. The molecule has 0 heterocycles. The number of carboxylic acids is 1. The van der Waals surface area contributed by atoms with Crippen LogP contribution in [0.4, 0.5) is 0 Å². The van der Waals surface area contributed by atoms with Crippen molar-refractivity contribution in [2.24, 2.45) is 5.92 Å². The number of rotatable bonds is 5. The van der Waals surface area contributed by atoms with E-state index in [2.05, 4.69) is 5.32 Å². The second kappa shape index (κ2) is 7.08. The standard InChI is InChI=1S/C16H21NO3/c18-15(13-9-5-2-6-10-13)17-14(16(19)20)11-12-7-3-1-4-8-12/h1,3-4,7-8,13-14H,2,5-6,9-11H2,(H,17,18)(H,19,20)/t14-/m0/s1. The van der Waals surface area contributed by atoms with E-state index in [0.29, 0.717) is 6.42 Å². The van der Waals surface area contributed by atoms with Crippen LogP contribution in [-0.2, 0) is 16.0 Å². The summed E-state index contributed by atoms with van der Waals surface area (Å²) in [6.45, 7) is 0. The summed E-state index contributed by atoms with van der Waals surface area (Å²) >= 11 is 0. The maximum absolute atomic E-state index is 12.1. The minimum atomic E-state index is -0.974. The fourth-order valence-corrected chi connectivity index (χ4v) is 2.70. The van der Waals surface area contributed by atoms with E-state index >= 15 is 0 Å². The molecule has 4 heteroatoms. The molecule has 1 aromatic carbocycles. The molecule has 0 aliphatic heterocycles. The van der Waals surface area contributed by atoms with Crippen molar-refractivity contribution in [3.8, 4) is 0 Å². The Morgan fingerprint density at radius 1 is 1.15 bits per heavy atom. The van der Waals surface area contributed by atoms with Gasteiger partial charge in [0.1, 0.15) is 6.04 Å². The van der Waals surface area contributed by atoms with Gasteiger partial charge >= 0.3 is 5.97 Å². The third kappa shape index (κ3) is 4.08. The summed E-state index contributed by atoms with van der Waals surface area (Å²) in [7, 11) is 0. The lowest BCUT2D eigenvalue weighted by Crippen LogP contribution is -2.45. The fraction of sp³-hybridized carbons (Fsp3) is 0.500. The van der Waals surface area contributed by atoms with Gasteiger partial charge in [-0.2, -0.15) is 0 Å². The Hall–Kier alpha value is -1.84. The van der Waals surface area contributed by atoms with Gasteiger partial charge in [-0.05, 0) is 18.4 Å². The summed E-state index contributed by atoms with van der Waals surface area (Å²) in [5, 5.41) is 12.0. The van der Waals surface area contributed by atoms with Crippen LogP contribution in [0.15, 0.2) is 30.3 Å². The van der Waals surface area contributed by atoms with Crippen LogP contribution in [0.1, 0.15) is 37.7 Å². The monoisotopic (exact) mass is 275 g/mol. The largest absolute Gasteiger partial charge is 0.480 e. The molecule has 0 aromatic heterocycles. The van der Waals surface area contributed by atoms with Crippen LogP contribution < -0.4 is 5.32 Å². The zero-order valence-electron chi connectivity index (χ0n) is 11.5. The second-order valence-corrected chi connectivity index (χ2v) is 5.42. The van der Waals surface area contributed by atoms with Gasteiger partial charge in [-0.25, -0.2) is 4.79 Å². The molecule has 1 atom stereocenters. The molecule has 1 saturated carbocycles. The Kier molecular flexibility index (Phi) is 5.16. The molecule has 0 spiro atoms. The summed E-state index contributed by atoms with van der Waals surface area (Å²) in [4.78, 5) is 23.4. The molecular formula is C16H21NO3. The van der Waals surface area contributed by atoms with Crippen molar-refractivity contribution in [3.63, 3.8) is 0 Å². The van der Waals surface area contributed by atoms with Crippen LogP contribution >= 0.6 is 0 Å². The number of amides is 1. The van der Waals surface area contributed by atoms with Crippen molar-refractivity contribution in [1.29, 1.82) is 0 Å². The normalized spacial score (nSPS) is 17.4. The molecule has 0 saturated heterocycles. The van der Waals surface area contributed by atoms with Crippen molar-refractivity contribution < 1.29 is 14.7 Å². The molecule has 2 N–H and O–H groups in total. The fourth-order valence-electron chi connectivity index (χ4n) is 2.70. The van der Waals surface area contributed by atoms with Crippen molar-refractivity contribution in [1.82, 2.24) is 5.32 Å². The smallest absolute Gasteiger partial charge is 0.326 e. The van der Waals surface area contributed by atoms with E-state index in [4.69, 9.17) is 0 Å². The number of hydrogen-bond acceptors (Lipinski definition) is 2. The number of nitrogens with one attached hydrogen (secondary N) is 1. The molecule has 2 rings (SSSR count). The molecule has 0 bridgehead atoms. The molecule has 1 fully saturated rings. The van der Waals surface area contributed by atoms with E-state index in [0.717, 1.165) is 31.2 Å². The molecule has 108 valence electrons. The first-order valence-electron chi connectivity index (χ1n) is 7.24. The van der Waals surface area contributed by atoms with Gasteiger partial charge in [-0.3, -0.25) is 4.79 Å². The van der Waals surface area contributed by atoms with Gasteiger partial charge in [0.05, 0.1) is 0 Å². The Morgan fingerprint density at radius 3 is 2.40 bits per heavy atom. The van der Waals surface area contributed by atoms with E-state index < -0.39 is 12.0 Å². The van der Waals surface area contributed by atoms with Gasteiger partial charge in [0, 0.05) is 12.3 Å². The third-order valence-electron chi connectivity index (χ3n) is 3.87. The summed E-state index contributed by atoms with van der Waals surface area (Å²) in [5.74, 6) is -1.09. The highest BCUT2D eigenvalue weighted by molar-refractivity contribution is 5.85. The first kappa shape index (κ1) is 14.6. The van der Waals surface area contributed by atoms with E-state index in [1.54, 1.807) is 0 Å². The molecular weight excluding hydrogens is 254 g/mol. The molecule has 1 amide bonds. The van der Waals surface area contributed by atoms with Crippen LogP contribution in [0.2, 0.25) is 0 Å². The summed E-state index contributed by atoms with van der Waals surface area (Å²) < 4.78 is 0. The Morgan fingerprint density at radius 2 is 1.80 bits per heavy atom. The molecule has 0 unspecified atom stereocenters. The van der Waals surface area contributed by atoms with Crippen molar-refractivity contribution in [2.45, 2.75) is 44.6 Å². The summed E-state index contributed by atoms with van der Waals surface area (Å²) in [6, 6.07) is 8.55. The van der Waals surface area contributed by atoms with Crippen molar-refractivity contribution in [2.75, 3.05) is 0 Å². The van der Waals surface area contributed by atoms with Crippen LogP contribution in [-0.4, -0.2) is 23.0 Å². The molecule has 1 aliphatic rings. The van der Waals surface area contributed by atoms with Crippen LogP contribution in [0.25, 0.3) is 0 Å². The highest BCUT2D eigenvalue weighted by atomic mass is 16.4. The maximum Gasteiger partial charge on any atom is 0.326 e. The third-order valence-corrected chi connectivity index (χ3v) is 3.87. The topological polar surface area (TPSA) is 66.4 Å². The Labute approximate surface area is 119 Å². The van der Waals surface area contributed by atoms with Crippen molar-refractivity contribution >= 4 is 11.9 Å². The average Bonchev–Trinajstić information content (AvgIpc) is 2.48. The SMILES string of the molecule is O=C(N[C@@H](Cc1ccccc1)C(=O)O)C1CCCCC1. The van der Waals surface area contributed by atoms with E-state index in [-0.39, 0.29) is 11.8 Å². The molecule has 20 heavy (non-hydrogen) atoms. The molecule has 1 aliphatic carbocycles. The first-order valence-corrected chi connectivity index (χ1v) is 7.24. The van der Waals surface area contributed by atoms with Gasteiger partial charge in [0.25, 0.3) is 0 Å². The highest BCUT2D eigenvalue weighted by Crippen LogP contribution is 2.23. The molecule has 0 radical (unpaired) electrons. The van der Waals surface area contributed by atoms with Crippen LogP contribution in [0.5, 0.6) is 0 Å². The number of carbonyl (C=O) groups excluding carboxylic acids is 1. The second-order valence-electron chi connectivity index (χ2n) is 5.42. The van der Waals surface area contributed by atoms with E-state index in [1.807, 2.05) is 30.3 Å². The number of carboxylic acid groups (broad SMARTS) is 1. The highest BCUT2D eigenvalue weighted by Gasteiger charge is 2.26. The predicted octanol–water partition coefficient (Wildman–Crippen LogP) is 2.38.